The second-order valence-electron chi connectivity index (χ2n) is 3.50. The van der Waals surface area contributed by atoms with Crippen LogP contribution in [-0.2, 0) is 0 Å². The van der Waals surface area contributed by atoms with Gasteiger partial charge in [-0.25, -0.2) is 0 Å². The molecule has 0 atom stereocenters. The molecule has 0 spiro atoms. The van der Waals surface area contributed by atoms with Crippen LogP contribution in [0.1, 0.15) is 5.56 Å². The van der Waals surface area contributed by atoms with E-state index in [1.807, 2.05) is 48.5 Å². The Morgan fingerprint density at radius 1 is 0.833 bits per heavy atom. The summed E-state index contributed by atoms with van der Waals surface area (Å²) in [6.07, 6.45) is 0. The number of hydrogen-bond acceptors (Lipinski definition) is 4. The lowest BCUT2D eigenvalue weighted by atomic mass is 10.2. The summed E-state index contributed by atoms with van der Waals surface area (Å²) in [5, 5.41) is 0. The van der Waals surface area contributed by atoms with Crippen molar-refractivity contribution >= 4 is 8.60 Å². The van der Waals surface area contributed by atoms with Crippen LogP contribution in [0.5, 0.6) is 11.5 Å². The number of para-hydroxylation sites is 1. The smallest absolute Gasteiger partial charge is 0.324 e. The van der Waals surface area contributed by atoms with Crippen LogP contribution >= 0.6 is 8.60 Å². The molecule has 4 nitrogen and oxygen atoms in total. The van der Waals surface area contributed by atoms with Crippen molar-refractivity contribution in [3.05, 3.63) is 60.2 Å². The van der Waals surface area contributed by atoms with E-state index < -0.39 is 8.60 Å². The summed E-state index contributed by atoms with van der Waals surface area (Å²) in [4.78, 5) is 21.7. The normalized spacial score (nSPS) is 9.61. The van der Waals surface area contributed by atoms with E-state index in [1.54, 1.807) is 0 Å². The van der Waals surface area contributed by atoms with Crippen LogP contribution in [-0.4, -0.2) is 14.7 Å². The zero-order valence-corrected chi connectivity index (χ0v) is 10.8. The Morgan fingerprint density at radius 2 is 1.39 bits per heavy atom. The molecule has 0 amide bonds. The van der Waals surface area contributed by atoms with Crippen LogP contribution in [0.2, 0.25) is 0 Å². The van der Waals surface area contributed by atoms with Crippen molar-refractivity contribution in [1.29, 1.82) is 0 Å². The fourth-order valence-electron chi connectivity index (χ4n) is 1.30. The largest absolute Gasteiger partial charge is 0.457 e. The molecule has 0 aromatic heterocycles. The quantitative estimate of drug-likeness (QED) is 0.731. The Bertz CT molecular complexity index is 457. The third kappa shape index (κ3) is 6.33. The molecule has 0 aliphatic heterocycles. The lowest BCUT2D eigenvalue weighted by Crippen LogP contribution is -1.83. The van der Waals surface area contributed by atoms with E-state index in [9.17, 15) is 0 Å². The molecule has 0 bridgehead atoms. The van der Waals surface area contributed by atoms with Gasteiger partial charge in [0, 0.05) is 0 Å². The minimum atomic E-state index is -2.62. The maximum atomic E-state index is 7.23. The van der Waals surface area contributed by atoms with Gasteiger partial charge in [0.25, 0.3) is 0 Å². The highest BCUT2D eigenvalue weighted by molar-refractivity contribution is 7.38. The fraction of sp³-hybridized carbons (Fsp3) is 0.0769. The van der Waals surface area contributed by atoms with Gasteiger partial charge in [-0.2, -0.15) is 0 Å². The molecule has 5 heteroatoms. The first kappa shape index (κ1) is 14.6. The van der Waals surface area contributed by atoms with E-state index in [1.165, 1.54) is 5.56 Å². The highest BCUT2D eigenvalue weighted by Gasteiger charge is 1.95. The van der Waals surface area contributed by atoms with Gasteiger partial charge in [0.05, 0.1) is 0 Å². The van der Waals surface area contributed by atoms with Crippen molar-refractivity contribution < 1.29 is 19.4 Å². The number of hydrogen-bond donors (Lipinski definition) is 3. The summed E-state index contributed by atoms with van der Waals surface area (Å²) in [6.45, 7) is 2.05. The summed E-state index contributed by atoms with van der Waals surface area (Å²) in [5.41, 5.74) is 1.21. The fourth-order valence-corrected chi connectivity index (χ4v) is 1.30. The van der Waals surface area contributed by atoms with Crippen LogP contribution in [0.3, 0.4) is 0 Å². The van der Waals surface area contributed by atoms with E-state index in [0.29, 0.717) is 0 Å². The van der Waals surface area contributed by atoms with Crippen LogP contribution in [0, 0.1) is 6.92 Å². The summed E-state index contributed by atoms with van der Waals surface area (Å²) in [7, 11) is -2.62. The Hall–Kier alpha value is -1.45. The molecular weight excluding hydrogens is 251 g/mol. The van der Waals surface area contributed by atoms with E-state index in [-0.39, 0.29) is 0 Å². The van der Waals surface area contributed by atoms with Crippen molar-refractivity contribution in [2.45, 2.75) is 6.92 Å². The zero-order valence-electron chi connectivity index (χ0n) is 9.89. The van der Waals surface area contributed by atoms with Gasteiger partial charge in [-0.15, -0.1) is 0 Å². The first-order chi connectivity index (χ1) is 8.58. The van der Waals surface area contributed by atoms with Crippen LogP contribution in [0.25, 0.3) is 0 Å². The van der Waals surface area contributed by atoms with E-state index in [0.717, 1.165) is 11.5 Å². The average molecular weight is 266 g/mol. The van der Waals surface area contributed by atoms with Crippen molar-refractivity contribution in [2.24, 2.45) is 0 Å². The molecule has 2 aromatic rings. The third-order valence-corrected chi connectivity index (χ3v) is 1.97. The second-order valence-corrected chi connectivity index (χ2v) is 4.04. The summed E-state index contributed by atoms with van der Waals surface area (Å²) in [6, 6.07) is 17.8. The molecule has 0 saturated heterocycles. The Balaban J connectivity index is 0.000000357. The lowest BCUT2D eigenvalue weighted by molar-refractivity contribution is 0.368. The summed E-state index contributed by atoms with van der Waals surface area (Å²) in [5.74, 6) is 1.76. The number of ether oxygens (including phenoxy) is 1. The van der Waals surface area contributed by atoms with Gasteiger partial charge in [-0.05, 0) is 36.8 Å². The maximum absolute atomic E-state index is 7.23. The predicted molar refractivity (Wildman–Crippen MR) is 71.3 cm³/mol. The van der Waals surface area contributed by atoms with Crippen molar-refractivity contribution in [2.75, 3.05) is 0 Å². The molecule has 2 aromatic carbocycles. The van der Waals surface area contributed by atoms with Crippen LogP contribution in [0.15, 0.2) is 54.6 Å². The van der Waals surface area contributed by atoms with Gasteiger partial charge in [-0.3, -0.25) is 0 Å². The highest BCUT2D eigenvalue weighted by Crippen LogP contribution is 2.21. The monoisotopic (exact) mass is 266 g/mol. The molecule has 18 heavy (non-hydrogen) atoms. The molecule has 0 saturated carbocycles. The van der Waals surface area contributed by atoms with Gasteiger partial charge in [-0.1, -0.05) is 30.3 Å². The topological polar surface area (TPSA) is 69.9 Å². The van der Waals surface area contributed by atoms with Gasteiger partial charge in [0.1, 0.15) is 11.5 Å². The second kappa shape index (κ2) is 7.80. The SMILES string of the molecule is Cc1cccc(Oc2ccccc2)c1.OP(O)O. The molecule has 0 aliphatic carbocycles. The molecule has 3 N–H and O–H groups in total. The van der Waals surface area contributed by atoms with Gasteiger partial charge in [0.2, 0.25) is 0 Å². The lowest BCUT2D eigenvalue weighted by Gasteiger charge is -2.05. The maximum Gasteiger partial charge on any atom is 0.324 e. The number of aryl methyl sites for hydroxylation is 1. The number of benzene rings is 2. The predicted octanol–water partition coefficient (Wildman–Crippen LogP) is 2.98. The molecule has 0 aliphatic rings. The molecule has 2 rings (SSSR count). The Labute approximate surface area is 107 Å². The van der Waals surface area contributed by atoms with Crippen LogP contribution < -0.4 is 4.74 Å². The first-order valence-electron chi connectivity index (χ1n) is 5.24. The van der Waals surface area contributed by atoms with Gasteiger partial charge >= 0.3 is 8.60 Å². The molecule has 96 valence electrons. The standard InChI is InChI=1S/C13H12O.H3O3P/c1-11-6-5-9-13(10-11)14-12-7-3-2-4-8-12;1-4(2)3/h2-10H,1H3;1-3H. The van der Waals surface area contributed by atoms with E-state index in [2.05, 4.69) is 13.0 Å². The first-order valence-corrected chi connectivity index (χ1v) is 6.44. The molecule has 0 unspecified atom stereocenters. The van der Waals surface area contributed by atoms with Crippen LogP contribution in [0.4, 0.5) is 0 Å². The average Bonchev–Trinajstić information content (AvgIpc) is 2.29. The van der Waals surface area contributed by atoms with E-state index >= 15 is 0 Å². The summed E-state index contributed by atoms with van der Waals surface area (Å²) < 4.78 is 5.66. The van der Waals surface area contributed by atoms with Crippen molar-refractivity contribution in [3.8, 4) is 11.5 Å². The molecule has 0 fully saturated rings. The van der Waals surface area contributed by atoms with Gasteiger partial charge < -0.3 is 19.4 Å². The van der Waals surface area contributed by atoms with Gasteiger partial charge in [0.15, 0.2) is 0 Å². The van der Waals surface area contributed by atoms with E-state index in [4.69, 9.17) is 19.4 Å². The molecule has 0 heterocycles. The molecule has 0 radical (unpaired) electrons. The number of rotatable bonds is 2. The minimum Gasteiger partial charge on any atom is -0.457 e. The highest BCUT2D eigenvalue weighted by atomic mass is 31.2. The minimum absolute atomic E-state index is 0.873. The van der Waals surface area contributed by atoms with Crippen molar-refractivity contribution in [3.63, 3.8) is 0 Å². The third-order valence-electron chi connectivity index (χ3n) is 1.97. The zero-order chi connectivity index (χ0) is 13.4. The molecular formula is C13H15O4P. The van der Waals surface area contributed by atoms with Crippen molar-refractivity contribution in [1.82, 2.24) is 0 Å². The Morgan fingerprint density at radius 3 is 1.94 bits per heavy atom. The Kier molecular flexibility index (Phi) is 6.33. The summed E-state index contributed by atoms with van der Waals surface area (Å²) >= 11 is 0.